The van der Waals surface area contributed by atoms with Gasteiger partial charge in [0.2, 0.25) is 5.91 Å². The predicted molar refractivity (Wildman–Crippen MR) is 56.7 cm³/mol. The Bertz CT molecular complexity index is 382. The van der Waals surface area contributed by atoms with Crippen LogP contribution in [-0.4, -0.2) is 18.5 Å². The van der Waals surface area contributed by atoms with E-state index >= 15 is 0 Å². The molecule has 3 amide bonds. The van der Waals surface area contributed by atoms with E-state index in [0.717, 1.165) is 5.56 Å². The van der Waals surface area contributed by atoms with Gasteiger partial charge in [0.25, 0.3) is 0 Å². The Morgan fingerprint density at radius 1 is 1.20 bits per heavy atom. The van der Waals surface area contributed by atoms with Crippen LogP contribution >= 0.6 is 0 Å². The van der Waals surface area contributed by atoms with Crippen molar-refractivity contribution in [1.82, 2.24) is 5.32 Å². The molecule has 4 nitrogen and oxygen atoms in total. The van der Waals surface area contributed by atoms with E-state index in [2.05, 4.69) is 5.32 Å². The number of carbonyl (C=O) groups excluding carboxylic acids is 2. The van der Waals surface area contributed by atoms with Crippen molar-refractivity contribution in [2.24, 2.45) is 0 Å². The highest BCUT2D eigenvalue weighted by atomic mass is 16.2. The molecule has 1 aliphatic heterocycles. The molecule has 1 saturated heterocycles. The lowest BCUT2D eigenvalue weighted by Gasteiger charge is -2.25. The topological polar surface area (TPSA) is 49.4 Å². The summed E-state index contributed by atoms with van der Waals surface area (Å²) >= 11 is 0. The number of hydrogen-bond acceptors (Lipinski definition) is 2. The van der Waals surface area contributed by atoms with Gasteiger partial charge in [0.1, 0.15) is 0 Å². The Hall–Kier alpha value is -1.84. The van der Waals surface area contributed by atoms with Crippen molar-refractivity contribution in [1.29, 1.82) is 0 Å². The van der Waals surface area contributed by atoms with Gasteiger partial charge in [-0.1, -0.05) is 17.7 Å². The van der Waals surface area contributed by atoms with Crippen LogP contribution in [0.15, 0.2) is 24.3 Å². The van der Waals surface area contributed by atoms with Crippen molar-refractivity contribution in [3.63, 3.8) is 0 Å². The second-order valence-corrected chi connectivity index (χ2v) is 3.55. The van der Waals surface area contributed by atoms with Crippen LogP contribution in [0.4, 0.5) is 10.5 Å². The lowest BCUT2D eigenvalue weighted by atomic mass is 10.2. The highest BCUT2D eigenvalue weighted by Gasteiger charge is 2.26. The monoisotopic (exact) mass is 204 g/mol. The van der Waals surface area contributed by atoms with Crippen LogP contribution in [0.2, 0.25) is 0 Å². The zero-order valence-electron chi connectivity index (χ0n) is 8.49. The van der Waals surface area contributed by atoms with E-state index in [4.69, 9.17) is 0 Å². The highest BCUT2D eigenvalue weighted by molar-refractivity contribution is 6.15. The Balaban J connectivity index is 2.31. The van der Waals surface area contributed by atoms with Gasteiger partial charge in [0, 0.05) is 13.0 Å². The summed E-state index contributed by atoms with van der Waals surface area (Å²) in [5.74, 6) is -0.150. The number of aryl methyl sites for hydroxylation is 1. The lowest BCUT2D eigenvalue weighted by molar-refractivity contribution is -0.118. The number of carbonyl (C=O) groups is 2. The molecule has 4 heteroatoms. The summed E-state index contributed by atoms with van der Waals surface area (Å²) in [4.78, 5) is 24.2. The van der Waals surface area contributed by atoms with E-state index in [1.807, 2.05) is 19.1 Å². The molecular weight excluding hydrogens is 192 g/mol. The van der Waals surface area contributed by atoms with E-state index in [1.165, 1.54) is 4.90 Å². The Morgan fingerprint density at radius 3 is 2.47 bits per heavy atom. The van der Waals surface area contributed by atoms with E-state index in [-0.39, 0.29) is 11.9 Å². The molecular formula is C11H12N2O2. The van der Waals surface area contributed by atoms with Gasteiger partial charge in [0.05, 0.1) is 5.69 Å². The van der Waals surface area contributed by atoms with Crippen LogP contribution in [0.5, 0.6) is 0 Å². The molecule has 0 saturated carbocycles. The second kappa shape index (κ2) is 3.73. The maximum Gasteiger partial charge on any atom is 0.328 e. The predicted octanol–water partition coefficient (Wildman–Crippen LogP) is 1.44. The third kappa shape index (κ3) is 1.83. The fourth-order valence-corrected chi connectivity index (χ4v) is 1.54. The van der Waals surface area contributed by atoms with Crippen LogP contribution in [-0.2, 0) is 4.79 Å². The summed E-state index contributed by atoms with van der Waals surface area (Å²) in [7, 11) is 0. The van der Waals surface area contributed by atoms with E-state index in [1.54, 1.807) is 12.1 Å². The molecule has 0 aliphatic carbocycles. The highest BCUT2D eigenvalue weighted by Crippen LogP contribution is 2.17. The van der Waals surface area contributed by atoms with Crippen molar-refractivity contribution in [2.45, 2.75) is 13.3 Å². The SMILES string of the molecule is Cc1ccc(N2C(=O)CCNC2=O)cc1. The number of benzene rings is 1. The summed E-state index contributed by atoms with van der Waals surface area (Å²) in [5.41, 5.74) is 1.73. The van der Waals surface area contributed by atoms with Gasteiger partial charge in [0.15, 0.2) is 0 Å². The maximum atomic E-state index is 11.6. The van der Waals surface area contributed by atoms with Crippen LogP contribution in [0.1, 0.15) is 12.0 Å². The minimum Gasteiger partial charge on any atom is -0.337 e. The van der Waals surface area contributed by atoms with Gasteiger partial charge in [-0.2, -0.15) is 0 Å². The quantitative estimate of drug-likeness (QED) is 0.752. The summed E-state index contributed by atoms with van der Waals surface area (Å²) in [6.07, 6.45) is 0.361. The molecule has 1 N–H and O–H groups in total. The Labute approximate surface area is 87.9 Å². The van der Waals surface area contributed by atoms with Crippen molar-refractivity contribution in [3.05, 3.63) is 29.8 Å². The van der Waals surface area contributed by atoms with Crippen molar-refractivity contribution in [3.8, 4) is 0 Å². The van der Waals surface area contributed by atoms with Crippen LogP contribution in [0, 0.1) is 6.92 Å². The Kier molecular flexibility index (Phi) is 2.41. The fraction of sp³-hybridized carbons (Fsp3) is 0.273. The molecule has 0 spiro atoms. The van der Waals surface area contributed by atoms with Crippen molar-refractivity contribution in [2.75, 3.05) is 11.4 Å². The van der Waals surface area contributed by atoms with Crippen LogP contribution in [0.3, 0.4) is 0 Å². The third-order valence-corrected chi connectivity index (χ3v) is 2.36. The number of hydrogen-bond donors (Lipinski definition) is 1. The molecule has 0 aromatic heterocycles. The first-order chi connectivity index (χ1) is 7.18. The van der Waals surface area contributed by atoms with E-state index < -0.39 is 0 Å². The van der Waals surface area contributed by atoms with Crippen LogP contribution in [0.25, 0.3) is 0 Å². The molecule has 1 aliphatic rings. The number of rotatable bonds is 1. The van der Waals surface area contributed by atoms with Crippen molar-refractivity contribution < 1.29 is 9.59 Å². The zero-order chi connectivity index (χ0) is 10.8. The summed E-state index contributed by atoms with van der Waals surface area (Å²) in [5, 5.41) is 2.64. The number of nitrogens with one attached hydrogen (secondary N) is 1. The van der Waals surface area contributed by atoms with Gasteiger partial charge < -0.3 is 5.32 Å². The molecule has 2 rings (SSSR count). The number of imide groups is 1. The molecule has 15 heavy (non-hydrogen) atoms. The smallest absolute Gasteiger partial charge is 0.328 e. The normalized spacial score (nSPS) is 16.5. The Morgan fingerprint density at radius 2 is 1.87 bits per heavy atom. The molecule has 0 bridgehead atoms. The van der Waals surface area contributed by atoms with E-state index in [0.29, 0.717) is 18.7 Å². The molecule has 0 unspecified atom stereocenters. The minimum atomic E-state index is -0.338. The lowest BCUT2D eigenvalue weighted by Crippen LogP contribution is -2.50. The first-order valence-corrected chi connectivity index (χ1v) is 4.86. The summed E-state index contributed by atoms with van der Waals surface area (Å²) in [6, 6.07) is 6.97. The second-order valence-electron chi connectivity index (χ2n) is 3.55. The largest absolute Gasteiger partial charge is 0.337 e. The third-order valence-electron chi connectivity index (χ3n) is 2.36. The zero-order valence-corrected chi connectivity index (χ0v) is 8.49. The van der Waals surface area contributed by atoms with Gasteiger partial charge in [-0.05, 0) is 19.1 Å². The molecule has 1 aromatic carbocycles. The van der Waals surface area contributed by atoms with Gasteiger partial charge >= 0.3 is 6.03 Å². The summed E-state index contributed by atoms with van der Waals surface area (Å²) in [6.45, 7) is 2.39. The van der Waals surface area contributed by atoms with Gasteiger partial charge in [-0.15, -0.1) is 0 Å². The molecule has 1 fully saturated rings. The molecule has 78 valence electrons. The molecule has 1 aromatic rings. The maximum absolute atomic E-state index is 11.6. The van der Waals surface area contributed by atoms with Gasteiger partial charge in [-0.25, -0.2) is 9.69 Å². The fourth-order valence-electron chi connectivity index (χ4n) is 1.54. The van der Waals surface area contributed by atoms with Crippen molar-refractivity contribution >= 4 is 17.6 Å². The average Bonchev–Trinajstić information content (AvgIpc) is 2.20. The van der Waals surface area contributed by atoms with E-state index in [9.17, 15) is 9.59 Å². The number of anilines is 1. The van der Waals surface area contributed by atoms with Crippen LogP contribution < -0.4 is 10.2 Å². The molecule has 1 heterocycles. The first-order valence-electron chi connectivity index (χ1n) is 4.86. The number of amides is 3. The van der Waals surface area contributed by atoms with Gasteiger partial charge in [-0.3, -0.25) is 4.79 Å². The molecule has 0 radical (unpaired) electrons. The average molecular weight is 204 g/mol. The number of nitrogens with zero attached hydrogens (tertiary/aromatic N) is 1. The molecule has 0 atom stereocenters. The number of urea groups is 1. The minimum absolute atomic E-state index is 0.150. The summed E-state index contributed by atoms with van der Waals surface area (Å²) < 4.78 is 0. The first kappa shape index (κ1) is 9.71. The standard InChI is InChI=1S/C11H12N2O2/c1-8-2-4-9(5-3-8)13-10(14)6-7-12-11(13)15/h2-5H,6-7H2,1H3,(H,12,15).